The number of aliphatic hydroxyl groups excluding tert-OH is 1. The van der Waals surface area contributed by atoms with E-state index in [1.54, 1.807) is 0 Å². The third-order valence-corrected chi connectivity index (χ3v) is 4.53. The second-order valence-corrected chi connectivity index (χ2v) is 6.10. The number of piperidine rings is 1. The molecule has 3 nitrogen and oxygen atoms in total. The molecular formula is C16H32N2O. The number of likely N-dealkylation sites (tertiary alicyclic amines) is 1. The molecule has 0 saturated carbocycles. The summed E-state index contributed by atoms with van der Waals surface area (Å²) in [4.78, 5) is 2.25. The molecule has 1 aliphatic heterocycles. The van der Waals surface area contributed by atoms with Gasteiger partial charge in [-0.3, -0.25) is 5.41 Å². The van der Waals surface area contributed by atoms with E-state index in [0.717, 1.165) is 38.2 Å². The number of rotatable bonds is 8. The van der Waals surface area contributed by atoms with E-state index in [-0.39, 0.29) is 0 Å². The molecule has 1 heterocycles. The molecule has 1 aliphatic rings. The molecule has 0 aromatic heterocycles. The highest BCUT2D eigenvalue weighted by Gasteiger charge is 2.24. The summed E-state index contributed by atoms with van der Waals surface area (Å²) in [6.07, 6.45) is 9.61. The largest absolute Gasteiger partial charge is 0.396 e. The number of nitrogens with zero attached hydrogens (tertiary/aromatic N) is 1. The summed E-state index contributed by atoms with van der Waals surface area (Å²) in [5.74, 6) is 1.91. The molecule has 112 valence electrons. The summed E-state index contributed by atoms with van der Waals surface area (Å²) in [6.45, 7) is 6.71. The topological polar surface area (TPSA) is 47.3 Å². The summed E-state index contributed by atoms with van der Waals surface area (Å²) in [5, 5.41) is 17.4. The van der Waals surface area contributed by atoms with Crippen molar-refractivity contribution in [1.29, 1.82) is 5.41 Å². The number of nitrogens with one attached hydrogen (secondary N) is 1. The van der Waals surface area contributed by atoms with E-state index in [0.29, 0.717) is 18.4 Å². The molecule has 1 rings (SSSR count). The number of hydrogen-bond acceptors (Lipinski definition) is 2. The van der Waals surface area contributed by atoms with Crippen LogP contribution in [0.3, 0.4) is 0 Å². The first-order valence-electron chi connectivity index (χ1n) is 8.12. The van der Waals surface area contributed by atoms with Crippen molar-refractivity contribution in [1.82, 2.24) is 4.90 Å². The summed E-state index contributed by atoms with van der Waals surface area (Å²) in [6, 6.07) is 0. The first-order chi connectivity index (χ1) is 9.19. The van der Waals surface area contributed by atoms with Gasteiger partial charge in [-0.2, -0.15) is 0 Å². The third kappa shape index (κ3) is 5.94. The molecule has 0 aliphatic carbocycles. The highest BCUT2D eigenvalue weighted by Crippen LogP contribution is 2.25. The van der Waals surface area contributed by atoms with E-state index in [1.807, 2.05) is 0 Å². The molecule has 0 aromatic rings. The van der Waals surface area contributed by atoms with Gasteiger partial charge in [0.1, 0.15) is 0 Å². The van der Waals surface area contributed by atoms with Crippen LogP contribution in [0.4, 0.5) is 0 Å². The Balaban J connectivity index is 2.14. The normalized spacial score (nSPS) is 18.6. The fraction of sp³-hybridized carbons (Fsp3) is 0.938. The highest BCUT2D eigenvalue weighted by atomic mass is 16.3. The Morgan fingerprint density at radius 3 is 2.42 bits per heavy atom. The zero-order chi connectivity index (χ0) is 14.1. The van der Waals surface area contributed by atoms with Crippen LogP contribution in [-0.2, 0) is 0 Å². The molecule has 1 unspecified atom stereocenters. The number of aliphatic hydroxyl groups is 1. The average Bonchev–Trinajstić information content (AvgIpc) is 2.46. The second kappa shape index (κ2) is 9.35. The maximum Gasteiger partial charge on any atom is 0.0957 e. The van der Waals surface area contributed by atoms with Gasteiger partial charge in [-0.15, -0.1) is 0 Å². The Labute approximate surface area is 118 Å². The van der Waals surface area contributed by atoms with E-state index < -0.39 is 0 Å². The molecule has 1 atom stereocenters. The van der Waals surface area contributed by atoms with Crippen molar-refractivity contribution in [2.24, 2.45) is 11.8 Å². The van der Waals surface area contributed by atoms with Crippen molar-refractivity contribution in [2.75, 3.05) is 19.7 Å². The van der Waals surface area contributed by atoms with Crippen molar-refractivity contribution < 1.29 is 5.11 Å². The fourth-order valence-electron chi connectivity index (χ4n) is 2.94. The van der Waals surface area contributed by atoms with E-state index in [4.69, 9.17) is 5.41 Å². The van der Waals surface area contributed by atoms with Crippen molar-refractivity contribution in [2.45, 2.75) is 65.2 Å². The van der Waals surface area contributed by atoms with Gasteiger partial charge in [0.05, 0.1) is 5.84 Å². The Morgan fingerprint density at radius 1 is 1.21 bits per heavy atom. The average molecular weight is 268 g/mol. The van der Waals surface area contributed by atoms with Gasteiger partial charge in [0.25, 0.3) is 0 Å². The van der Waals surface area contributed by atoms with Crippen molar-refractivity contribution in [3.05, 3.63) is 0 Å². The number of unbranched alkanes of at least 4 members (excludes halogenated alkanes) is 4. The summed E-state index contributed by atoms with van der Waals surface area (Å²) < 4.78 is 0. The van der Waals surface area contributed by atoms with Gasteiger partial charge in [0.2, 0.25) is 0 Å². The van der Waals surface area contributed by atoms with E-state index in [2.05, 4.69) is 18.7 Å². The van der Waals surface area contributed by atoms with Crippen LogP contribution in [0.1, 0.15) is 65.2 Å². The Morgan fingerprint density at radius 2 is 1.84 bits per heavy atom. The molecule has 19 heavy (non-hydrogen) atoms. The molecule has 0 bridgehead atoms. The molecule has 0 spiro atoms. The maximum absolute atomic E-state index is 9.19. The predicted molar refractivity (Wildman–Crippen MR) is 81.6 cm³/mol. The Hall–Kier alpha value is -0.570. The molecule has 1 saturated heterocycles. The van der Waals surface area contributed by atoms with Gasteiger partial charge in [0, 0.05) is 26.1 Å². The SMILES string of the molecule is CCCCCCCC(=N)N1CCC(C(C)CO)CC1. The van der Waals surface area contributed by atoms with Gasteiger partial charge in [-0.25, -0.2) is 0 Å². The van der Waals surface area contributed by atoms with Crippen molar-refractivity contribution in [3.63, 3.8) is 0 Å². The van der Waals surface area contributed by atoms with Crippen LogP contribution in [-0.4, -0.2) is 35.5 Å². The summed E-state index contributed by atoms with van der Waals surface area (Å²) >= 11 is 0. The monoisotopic (exact) mass is 268 g/mol. The van der Waals surface area contributed by atoms with Crippen molar-refractivity contribution >= 4 is 5.84 Å². The van der Waals surface area contributed by atoms with Crippen LogP contribution in [0.2, 0.25) is 0 Å². The van der Waals surface area contributed by atoms with Crippen LogP contribution in [0.15, 0.2) is 0 Å². The molecule has 0 radical (unpaired) electrons. The molecule has 3 heteroatoms. The molecule has 2 N–H and O–H groups in total. The Bertz CT molecular complexity index is 247. The van der Waals surface area contributed by atoms with Crippen LogP contribution in [0.5, 0.6) is 0 Å². The smallest absolute Gasteiger partial charge is 0.0957 e. The van der Waals surface area contributed by atoms with E-state index in [1.165, 1.54) is 32.1 Å². The minimum absolute atomic E-state index is 0.305. The maximum atomic E-state index is 9.19. The lowest BCUT2D eigenvalue weighted by molar-refractivity contribution is 0.142. The third-order valence-electron chi connectivity index (χ3n) is 4.53. The summed E-state index contributed by atoms with van der Waals surface area (Å²) in [5.41, 5.74) is 0. The molecule has 0 amide bonds. The summed E-state index contributed by atoms with van der Waals surface area (Å²) in [7, 11) is 0. The van der Waals surface area contributed by atoms with E-state index >= 15 is 0 Å². The predicted octanol–water partition coefficient (Wildman–Crippen LogP) is 3.66. The van der Waals surface area contributed by atoms with Crippen LogP contribution < -0.4 is 0 Å². The molecule has 1 fully saturated rings. The van der Waals surface area contributed by atoms with Gasteiger partial charge in [0.15, 0.2) is 0 Å². The van der Waals surface area contributed by atoms with E-state index in [9.17, 15) is 5.11 Å². The lowest BCUT2D eigenvalue weighted by Crippen LogP contribution is -2.39. The number of hydrogen-bond donors (Lipinski definition) is 2. The van der Waals surface area contributed by atoms with Gasteiger partial charge < -0.3 is 10.0 Å². The first-order valence-corrected chi connectivity index (χ1v) is 8.12. The minimum Gasteiger partial charge on any atom is -0.396 e. The zero-order valence-corrected chi connectivity index (χ0v) is 12.8. The lowest BCUT2D eigenvalue weighted by atomic mass is 9.86. The highest BCUT2D eigenvalue weighted by molar-refractivity contribution is 5.79. The second-order valence-electron chi connectivity index (χ2n) is 6.10. The van der Waals surface area contributed by atoms with Gasteiger partial charge >= 0.3 is 0 Å². The van der Waals surface area contributed by atoms with Crippen LogP contribution in [0, 0.1) is 17.2 Å². The quantitative estimate of drug-likeness (QED) is 0.401. The number of amidine groups is 1. The van der Waals surface area contributed by atoms with Crippen LogP contribution in [0.25, 0.3) is 0 Å². The fourth-order valence-corrected chi connectivity index (χ4v) is 2.94. The minimum atomic E-state index is 0.305. The van der Waals surface area contributed by atoms with Gasteiger partial charge in [-0.1, -0.05) is 39.5 Å². The van der Waals surface area contributed by atoms with Crippen molar-refractivity contribution in [3.8, 4) is 0 Å². The molecule has 0 aromatic carbocycles. The van der Waals surface area contributed by atoms with Gasteiger partial charge in [-0.05, 0) is 31.1 Å². The van der Waals surface area contributed by atoms with Crippen LogP contribution >= 0.6 is 0 Å². The molecular weight excluding hydrogens is 236 g/mol. The first kappa shape index (κ1) is 16.5. The zero-order valence-electron chi connectivity index (χ0n) is 12.8. The lowest BCUT2D eigenvalue weighted by Gasteiger charge is -2.35. The standard InChI is InChI=1S/C16H32N2O/c1-3-4-5-6-7-8-16(17)18-11-9-15(10-12-18)14(2)13-19/h14-15,17,19H,3-13H2,1-2H3. The Kier molecular flexibility index (Phi) is 8.11.